The molecular formula is C32H56N2O3. The minimum absolute atomic E-state index is 0.0992. The monoisotopic (exact) mass is 516 g/mol. The molecule has 1 aromatic rings. The molecule has 0 aliphatic heterocycles. The van der Waals surface area contributed by atoms with Crippen LogP contribution in [0.2, 0.25) is 0 Å². The third-order valence-corrected chi connectivity index (χ3v) is 7.05. The predicted molar refractivity (Wildman–Crippen MR) is 156 cm³/mol. The summed E-state index contributed by atoms with van der Waals surface area (Å²) in [5.74, 6) is -0.529. The minimum atomic E-state index is -0.582. The highest BCUT2D eigenvalue weighted by Crippen LogP contribution is 2.13. The van der Waals surface area contributed by atoms with Crippen molar-refractivity contribution in [3.63, 3.8) is 0 Å². The molecule has 1 amide bonds. The second kappa shape index (κ2) is 23.3. The topological polar surface area (TPSA) is 81.4 Å². The number of ether oxygens (including phenoxy) is 1. The number of rotatable bonds is 24. The lowest BCUT2D eigenvalue weighted by Crippen LogP contribution is -2.27. The van der Waals surface area contributed by atoms with E-state index in [0.29, 0.717) is 24.1 Å². The van der Waals surface area contributed by atoms with Gasteiger partial charge in [0.1, 0.15) is 0 Å². The number of benzene rings is 1. The maximum absolute atomic E-state index is 12.4. The molecule has 1 unspecified atom stereocenters. The summed E-state index contributed by atoms with van der Waals surface area (Å²) in [6, 6.07) is 6.64. The predicted octanol–water partition coefficient (Wildman–Crippen LogP) is 8.70. The maximum Gasteiger partial charge on any atom is 0.339 e. The standard InChI is InChI=1S/C32H56N2O3/c1-3-5-7-9-11-13-15-17-19-21-27-34-31(35)28-23-25-29(26-24-28)32(36)37-30(33)22-20-18-16-14-12-10-8-6-4-2/h23-26,30H,3-22,27,33H2,1-2H3,(H,34,35). The van der Waals surface area contributed by atoms with E-state index in [1.54, 1.807) is 24.3 Å². The fourth-order valence-corrected chi connectivity index (χ4v) is 4.59. The van der Waals surface area contributed by atoms with E-state index in [-0.39, 0.29) is 5.91 Å². The molecule has 37 heavy (non-hydrogen) atoms. The van der Waals surface area contributed by atoms with Crippen molar-refractivity contribution in [3.8, 4) is 0 Å². The van der Waals surface area contributed by atoms with Crippen molar-refractivity contribution >= 4 is 11.9 Å². The largest absolute Gasteiger partial charge is 0.443 e. The normalized spacial score (nSPS) is 11.9. The first-order valence-corrected chi connectivity index (χ1v) is 15.4. The molecule has 1 atom stereocenters. The summed E-state index contributed by atoms with van der Waals surface area (Å²) in [6.07, 6.45) is 24.1. The van der Waals surface area contributed by atoms with Gasteiger partial charge >= 0.3 is 5.97 Å². The fourth-order valence-electron chi connectivity index (χ4n) is 4.59. The Morgan fingerprint density at radius 3 is 1.54 bits per heavy atom. The van der Waals surface area contributed by atoms with E-state index in [1.807, 2.05) is 0 Å². The summed E-state index contributed by atoms with van der Waals surface area (Å²) in [5, 5.41) is 2.98. The number of nitrogens with two attached hydrogens (primary N) is 1. The number of nitrogens with one attached hydrogen (secondary N) is 1. The molecule has 0 heterocycles. The molecule has 5 nitrogen and oxygen atoms in total. The molecule has 0 aliphatic carbocycles. The van der Waals surface area contributed by atoms with Crippen molar-refractivity contribution in [3.05, 3.63) is 35.4 Å². The van der Waals surface area contributed by atoms with Crippen LogP contribution >= 0.6 is 0 Å². The molecule has 3 N–H and O–H groups in total. The lowest BCUT2D eigenvalue weighted by molar-refractivity contribution is 0.0291. The Bertz CT molecular complexity index is 690. The van der Waals surface area contributed by atoms with Gasteiger partial charge in [0.05, 0.1) is 5.56 Å². The highest BCUT2D eigenvalue weighted by atomic mass is 16.6. The Morgan fingerprint density at radius 2 is 1.05 bits per heavy atom. The SMILES string of the molecule is CCCCCCCCCCCCNC(=O)c1ccc(C(=O)OC(N)CCCCCCCCCCC)cc1. The van der Waals surface area contributed by atoms with Crippen LogP contribution in [0.15, 0.2) is 24.3 Å². The number of carbonyl (C=O) groups is 2. The van der Waals surface area contributed by atoms with Crippen LogP contribution in [0.3, 0.4) is 0 Å². The number of unbranched alkanes of at least 4 members (excludes halogenated alkanes) is 17. The first-order chi connectivity index (χ1) is 18.1. The molecule has 0 saturated heterocycles. The van der Waals surface area contributed by atoms with Gasteiger partial charge in [0.2, 0.25) is 0 Å². The van der Waals surface area contributed by atoms with Gasteiger partial charge in [-0.05, 0) is 43.5 Å². The lowest BCUT2D eigenvalue weighted by Gasteiger charge is -2.13. The molecule has 0 aliphatic rings. The van der Waals surface area contributed by atoms with Gasteiger partial charge in [-0.2, -0.15) is 0 Å². The second-order valence-electron chi connectivity index (χ2n) is 10.6. The highest BCUT2D eigenvalue weighted by molar-refractivity contribution is 5.96. The second-order valence-corrected chi connectivity index (χ2v) is 10.6. The summed E-state index contributed by atoms with van der Waals surface area (Å²) in [4.78, 5) is 24.8. The maximum atomic E-state index is 12.4. The summed E-state index contributed by atoms with van der Waals surface area (Å²) < 4.78 is 5.39. The Kier molecular flexibility index (Phi) is 20.8. The van der Waals surface area contributed by atoms with Crippen LogP contribution in [0.4, 0.5) is 0 Å². The molecular weight excluding hydrogens is 460 g/mol. The van der Waals surface area contributed by atoms with E-state index in [4.69, 9.17) is 10.5 Å². The van der Waals surface area contributed by atoms with Crippen LogP contribution in [0, 0.1) is 0 Å². The van der Waals surface area contributed by atoms with Gasteiger partial charge in [-0.3, -0.25) is 10.5 Å². The first-order valence-electron chi connectivity index (χ1n) is 15.4. The molecule has 1 aromatic carbocycles. The summed E-state index contributed by atoms with van der Waals surface area (Å²) in [6.45, 7) is 5.18. The smallest absolute Gasteiger partial charge is 0.339 e. The molecule has 0 saturated carbocycles. The zero-order valence-corrected chi connectivity index (χ0v) is 24.0. The van der Waals surface area contributed by atoms with E-state index in [9.17, 15) is 9.59 Å². The van der Waals surface area contributed by atoms with Gasteiger partial charge in [-0.1, -0.05) is 123 Å². The molecule has 0 spiro atoms. The lowest BCUT2D eigenvalue weighted by atomic mass is 10.1. The number of carbonyl (C=O) groups excluding carboxylic acids is 2. The molecule has 0 fully saturated rings. The van der Waals surface area contributed by atoms with Gasteiger partial charge in [-0.15, -0.1) is 0 Å². The molecule has 5 heteroatoms. The minimum Gasteiger partial charge on any atom is -0.443 e. The zero-order valence-electron chi connectivity index (χ0n) is 24.0. The van der Waals surface area contributed by atoms with E-state index < -0.39 is 12.2 Å². The molecule has 0 aromatic heterocycles. The number of amides is 1. The van der Waals surface area contributed by atoms with Gasteiger partial charge < -0.3 is 10.1 Å². The van der Waals surface area contributed by atoms with Crippen molar-refractivity contribution in [1.82, 2.24) is 5.32 Å². The van der Waals surface area contributed by atoms with Gasteiger partial charge in [0.15, 0.2) is 6.23 Å². The summed E-state index contributed by atoms with van der Waals surface area (Å²) in [7, 11) is 0. The van der Waals surface area contributed by atoms with Crippen LogP contribution in [0.25, 0.3) is 0 Å². The number of hydrogen-bond donors (Lipinski definition) is 2. The van der Waals surface area contributed by atoms with Gasteiger partial charge in [0, 0.05) is 12.1 Å². The van der Waals surface area contributed by atoms with Crippen LogP contribution in [-0.2, 0) is 4.74 Å². The third-order valence-electron chi connectivity index (χ3n) is 7.05. The van der Waals surface area contributed by atoms with Crippen LogP contribution < -0.4 is 11.1 Å². The Balaban J connectivity index is 2.12. The molecule has 1 rings (SSSR count). The van der Waals surface area contributed by atoms with Crippen molar-refractivity contribution < 1.29 is 14.3 Å². The fraction of sp³-hybridized carbons (Fsp3) is 0.750. The Hall–Kier alpha value is -1.88. The molecule has 0 bridgehead atoms. The van der Waals surface area contributed by atoms with Gasteiger partial charge in [-0.25, -0.2) is 4.79 Å². The molecule has 0 radical (unpaired) electrons. The van der Waals surface area contributed by atoms with Crippen molar-refractivity contribution in [2.24, 2.45) is 5.73 Å². The van der Waals surface area contributed by atoms with E-state index in [2.05, 4.69) is 19.2 Å². The number of hydrogen-bond acceptors (Lipinski definition) is 4. The van der Waals surface area contributed by atoms with Crippen LogP contribution in [-0.4, -0.2) is 24.6 Å². The van der Waals surface area contributed by atoms with Gasteiger partial charge in [0.25, 0.3) is 5.91 Å². The average Bonchev–Trinajstić information content (AvgIpc) is 2.90. The highest BCUT2D eigenvalue weighted by Gasteiger charge is 2.13. The van der Waals surface area contributed by atoms with Crippen LogP contribution in [0.1, 0.15) is 163 Å². The van der Waals surface area contributed by atoms with Crippen molar-refractivity contribution in [1.29, 1.82) is 0 Å². The first kappa shape index (κ1) is 33.1. The Morgan fingerprint density at radius 1 is 0.649 bits per heavy atom. The van der Waals surface area contributed by atoms with Crippen molar-refractivity contribution in [2.45, 2.75) is 148 Å². The number of esters is 1. The average molecular weight is 517 g/mol. The Labute approximate surface area is 227 Å². The van der Waals surface area contributed by atoms with Crippen LogP contribution in [0.5, 0.6) is 0 Å². The summed E-state index contributed by atoms with van der Waals surface area (Å²) >= 11 is 0. The third kappa shape index (κ3) is 18.1. The quantitative estimate of drug-likeness (QED) is 0.0817. The van der Waals surface area contributed by atoms with E-state index in [1.165, 1.54) is 96.3 Å². The summed E-state index contributed by atoms with van der Waals surface area (Å²) in [5.41, 5.74) is 6.99. The van der Waals surface area contributed by atoms with E-state index >= 15 is 0 Å². The van der Waals surface area contributed by atoms with Crippen molar-refractivity contribution in [2.75, 3.05) is 6.54 Å². The van der Waals surface area contributed by atoms with E-state index in [0.717, 1.165) is 25.7 Å². The molecule has 212 valence electrons. The zero-order chi connectivity index (χ0) is 27.0.